The van der Waals surface area contributed by atoms with Crippen LogP contribution in [-0.2, 0) is 27.4 Å². The van der Waals surface area contributed by atoms with Gasteiger partial charge in [-0.3, -0.25) is 9.59 Å². The second kappa shape index (κ2) is 13.3. The fraction of sp³-hybridized carbons (Fsp3) is 0.517. The summed E-state index contributed by atoms with van der Waals surface area (Å²) in [6.07, 6.45) is 1.32. The molecule has 2 aromatic carbocycles. The van der Waals surface area contributed by atoms with E-state index in [0.717, 1.165) is 24.5 Å². The Morgan fingerprint density at radius 1 is 1.18 bits per heavy atom. The number of nitrogens with zero attached hydrogens (tertiary/aromatic N) is 1. The van der Waals surface area contributed by atoms with Crippen molar-refractivity contribution in [2.45, 2.75) is 69.9 Å². The zero-order valence-corrected chi connectivity index (χ0v) is 21.7. The summed E-state index contributed by atoms with van der Waals surface area (Å²) in [6, 6.07) is 11.8. The number of carbonyl (C=O) groups excluding carboxylic acids is 2. The van der Waals surface area contributed by atoms with E-state index in [0.29, 0.717) is 38.2 Å². The number of aliphatic hydroxyl groups is 1. The lowest BCUT2D eigenvalue weighted by Crippen LogP contribution is -2.53. The molecule has 5 atom stereocenters. The summed E-state index contributed by atoms with van der Waals surface area (Å²) in [4.78, 5) is 27.3. The first-order valence-electron chi connectivity index (χ1n) is 13.4. The Labute approximate surface area is 222 Å². The van der Waals surface area contributed by atoms with Crippen LogP contribution in [0, 0.1) is 17.6 Å². The van der Waals surface area contributed by atoms with Gasteiger partial charge in [0.2, 0.25) is 11.8 Å². The smallest absolute Gasteiger partial charge is 0.225 e. The van der Waals surface area contributed by atoms with Crippen LogP contribution >= 0.6 is 0 Å². The van der Waals surface area contributed by atoms with Crippen molar-refractivity contribution >= 4 is 11.8 Å². The average Bonchev–Trinajstić information content (AvgIpc) is 3.52. The van der Waals surface area contributed by atoms with E-state index in [9.17, 15) is 23.5 Å². The summed E-state index contributed by atoms with van der Waals surface area (Å²) < 4.78 is 33.8. The lowest BCUT2D eigenvalue weighted by molar-refractivity contribution is -0.129. The molecular weight excluding hydrogens is 492 g/mol. The number of aliphatic hydroxyl groups excluding tert-OH is 1. The molecule has 2 aliphatic heterocycles. The second-order valence-electron chi connectivity index (χ2n) is 10.4. The number of amides is 2. The molecule has 1 unspecified atom stereocenters. The van der Waals surface area contributed by atoms with Crippen molar-refractivity contribution in [3.63, 3.8) is 0 Å². The zero-order valence-electron chi connectivity index (χ0n) is 21.7. The molecule has 38 heavy (non-hydrogen) atoms. The maximum atomic E-state index is 13.9. The van der Waals surface area contributed by atoms with Crippen molar-refractivity contribution in [3.05, 3.63) is 71.3 Å². The number of rotatable bonds is 12. The van der Waals surface area contributed by atoms with E-state index >= 15 is 0 Å². The van der Waals surface area contributed by atoms with Gasteiger partial charge >= 0.3 is 0 Å². The Morgan fingerprint density at radius 3 is 2.63 bits per heavy atom. The minimum atomic E-state index is -1.04. The summed E-state index contributed by atoms with van der Waals surface area (Å²) in [5, 5.41) is 17.5. The van der Waals surface area contributed by atoms with Gasteiger partial charge in [0, 0.05) is 38.2 Å². The third kappa shape index (κ3) is 7.58. The van der Waals surface area contributed by atoms with E-state index in [2.05, 4.69) is 10.6 Å². The van der Waals surface area contributed by atoms with Gasteiger partial charge in [0.1, 0.15) is 11.6 Å². The van der Waals surface area contributed by atoms with Gasteiger partial charge < -0.3 is 25.4 Å². The second-order valence-corrected chi connectivity index (χ2v) is 10.4. The third-order valence-corrected chi connectivity index (χ3v) is 7.35. The van der Waals surface area contributed by atoms with E-state index in [-0.39, 0.29) is 36.8 Å². The SMILES string of the molecule is CCCCN1CC(C(=O)N[C@@H](Cc2cc(F)cc(F)c2)[C@H](O)[C@H]2C[C@@H](OCc3ccccc3)CN2)CC1=O. The van der Waals surface area contributed by atoms with Crippen molar-refractivity contribution in [1.82, 2.24) is 15.5 Å². The summed E-state index contributed by atoms with van der Waals surface area (Å²) in [6.45, 7) is 3.97. The predicted molar refractivity (Wildman–Crippen MR) is 139 cm³/mol. The molecule has 2 saturated heterocycles. The van der Waals surface area contributed by atoms with E-state index < -0.39 is 29.7 Å². The first kappa shape index (κ1) is 28.1. The van der Waals surface area contributed by atoms with Gasteiger partial charge in [0.15, 0.2) is 0 Å². The molecule has 0 saturated carbocycles. The molecule has 0 bridgehead atoms. The van der Waals surface area contributed by atoms with E-state index in [1.54, 1.807) is 4.90 Å². The van der Waals surface area contributed by atoms with Crippen LogP contribution in [0.15, 0.2) is 48.5 Å². The number of likely N-dealkylation sites (tertiary alicyclic amines) is 1. The third-order valence-electron chi connectivity index (χ3n) is 7.35. The van der Waals surface area contributed by atoms with Crippen molar-refractivity contribution in [3.8, 4) is 0 Å². The molecule has 3 N–H and O–H groups in total. The van der Waals surface area contributed by atoms with Crippen LogP contribution in [0.5, 0.6) is 0 Å². The Bertz CT molecular complexity index is 1070. The number of hydrogen-bond donors (Lipinski definition) is 3. The monoisotopic (exact) mass is 529 g/mol. The molecule has 9 heteroatoms. The zero-order chi connectivity index (χ0) is 27.1. The molecule has 0 aromatic heterocycles. The van der Waals surface area contributed by atoms with Gasteiger partial charge in [-0.25, -0.2) is 8.78 Å². The molecule has 4 rings (SSSR count). The van der Waals surface area contributed by atoms with Gasteiger partial charge in [0.05, 0.1) is 30.8 Å². The number of nitrogens with one attached hydrogen (secondary N) is 2. The van der Waals surface area contributed by atoms with Crippen LogP contribution in [0.4, 0.5) is 8.78 Å². The molecule has 2 heterocycles. The molecule has 2 amide bonds. The highest BCUT2D eigenvalue weighted by Gasteiger charge is 2.38. The maximum absolute atomic E-state index is 13.9. The summed E-state index contributed by atoms with van der Waals surface area (Å²) in [5.74, 6) is -2.37. The van der Waals surface area contributed by atoms with Crippen molar-refractivity contribution in [2.24, 2.45) is 5.92 Å². The summed E-state index contributed by atoms with van der Waals surface area (Å²) >= 11 is 0. The van der Waals surface area contributed by atoms with E-state index in [4.69, 9.17) is 4.74 Å². The lowest BCUT2D eigenvalue weighted by atomic mass is 9.94. The molecule has 2 aromatic rings. The fourth-order valence-corrected chi connectivity index (χ4v) is 5.24. The largest absolute Gasteiger partial charge is 0.389 e. The lowest BCUT2D eigenvalue weighted by Gasteiger charge is -2.29. The Hall–Kier alpha value is -2.88. The van der Waals surface area contributed by atoms with Crippen molar-refractivity contribution in [1.29, 1.82) is 0 Å². The Morgan fingerprint density at radius 2 is 1.92 bits per heavy atom. The summed E-state index contributed by atoms with van der Waals surface area (Å²) in [7, 11) is 0. The minimum absolute atomic E-state index is 0.0372. The van der Waals surface area contributed by atoms with E-state index in [1.807, 2.05) is 37.3 Å². The Kier molecular flexibility index (Phi) is 9.82. The van der Waals surface area contributed by atoms with Gasteiger partial charge in [-0.15, -0.1) is 0 Å². The fourth-order valence-electron chi connectivity index (χ4n) is 5.24. The highest BCUT2D eigenvalue weighted by molar-refractivity contribution is 5.89. The van der Waals surface area contributed by atoms with Gasteiger partial charge in [0.25, 0.3) is 0 Å². The first-order chi connectivity index (χ1) is 18.3. The number of hydrogen-bond acceptors (Lipinski definition) is 5. The van der Waals surface area contributed by atoms with Crippen molar-refractivity contribution in [2.75, 3.05) is 19.6 Å². The van der Waals surface area contributed by atoms with Crippen LogP contribution in [0.2, 0.25) is 0 Å². The molecule has 2 aliphatic rings. The highest BCUT2D eigenvalue weighted by atomic mass is 19.1. The standard InChI is InChI=1S/C29H37F2N3O4/c1-2-3-9-34-17-21(13-27(34)35)29(37)33-26(12-20-10-22(30)14-23(31)11-20)28(36)25-15-24(16-32-25)38-18-19-7-5-4-6-8-19/h4-8,10-11,14,21,24-26,28,32,36H,2-3,9,12-13,15-18H2,1H3,(H,33,37)/t21?,24-,25-,26+,28-/m1/s1. The van der Waals surface area contributed by atoms with E-state index in [1.165, 1.54) is 12.1 Å². The number of ether oxygens (including phenoxy) is 1. The van der Waals surface area contributed by atoms with Crippen LogP contribution in [0.1, 0.15) is 43.7 Å². The topological polar surface area (TPSA) is 90.9 Å². The normalized spacial score (nSPS) is 23.0. The number of unbranched alkanes of at least 4 members (excludes halogenated alkanes) is 1. The van der Waals surface area contributed by atoms with Crippen LogP contribution in [0.25, 0.3) is 0 Å². The van der Waals surface area contributed by atoms with Crippen LogP contribution in [0.3, 0.4) is 0 Å². The van der Waals surface area contributed by atoms with Crippen LogP contribution in [-0.4, -0.2) is 65.7 Å². The number of carbonyl (C=O) groups is 2. The van der Waals surface area contributed by atoms with Gasteiger partial charge in [-0.2, -0.15) is 0 Å². The molecule has 7 nitrogen and oxygen atoms in total. The molecule has 206 valence electrons. The van der Waals surface area contributed by atoms with Gasteiger partial charge in [-0.1, -0.05) is 43.7 Å². The molecule has 2 fully saturated rings. The maximum Gasteiger partial charge on any atom is 0.225 e. The summed E-state index contributed by atoms with van der Waals surface area (Å²) in [5.41, 5.74) is 1.38. The first-order valence-corrected chi connectivity index (χ1v) is 13.4. The molecular formula is C29H37F2N3O4. The minimum Gasteiger partial charge on any atom is -0.389 e. The quantitative estimate of drug-likeness (QED) is 0.393. The average molecular weight is 530 g/mol. The number of halogens is 2. The highest BCUT2D eigenvalue weighted by Crippen LogP contribution is 2.22. The molecule has 0 radical (unpaired) electrons. The van der Waals surface area contributed by atoms with Crippen LogP contribution < -0.4 is 10.6 Å². The number of benzene rings is 2. The Balaban J connectivity index is 1.41. The van der Waals surface area contributed by atoms with Crippen molar-refractivity contribution < 1.29 is 28.2 Å². The van der Waals surface area contributed by atoms with Gasteiger partial charge in [-0.05, 0) is 42.5 Å². The predicted octanol–water partition coefficient (Wildman–Crippen LogP) is 2.95. The molecule has 0 aliphatic carbocycles. The molecule has 0 spiro atoms.